The van der Waals surface area contributed by atoms with Crippen LogP contribution in [0.4, 0.5) is 0 Å². The standard InChI is InChI=1S/C20H16O3/c1-20(2,3)15-5-4-11-6-13-9-16-17(19(22)23-18(16)21)10-14(13)7-12(11)8-15/h4-10H,1-3H3. The third-order valence-corrected chi connectivity index (χ3v) is 4.42. The van der Waals surface area contributed by atoms with Gasteiger partial charge in [0.25, 0.3) is 0 Å². The van der Waals surface area contributed by atoms with Gasteiger partial charge in [-0.15, -0.1) is 0 Å². The van der Waals surface area contributed by atoms with Gasteiger partial charge in [-0.25, -0.2) is 9.59 Å². The highest BCUT2D eigenvalue weighted by Gasteiger charge is 2.29. The maximum atomic E-state index is 11.7. The molecule has 0 unspecified atom stereocenters. The molecule has 3 heteroatoms. The second kappa shape index (κ2) is 4.42. The van der Waals surface area contributed by atoms with Gasteiger partial charge < -0.3 is 4.74 Å². The van der Waals surface area contributed by atoms with Crippen LogP contribution in [0.3, 0.4) is 0 Å². The topological polar surface area (TPSA) is 43.4 Å². The predicted molar refractivity (Wildman–Crippen MR) is 89.9 cm³/mol. The molecule has 1 aliphatic rings. The molecular formula is C20H16O3. The van der Waals surface area contributed by atoms with Gasteiger partial charge in [-0.1, -0.05) is 39.0 Å². The summed E-state index contributed by atoms with van der Waals surface area (Å²) in [5, 5.41) is 4.12. The van der Waals surface area contributed by atoms with E-state index in [9.17, 15) is 9.59 Å². The molecule has 0 fully saturated rings. The maximum Gasteiger partial charge on any atom is 0.346 e. The van der Waals surface area contributed by atoms with Gasteiger partial charge in [0.15, 0.2) is 0 Å². The second-order valence-corrected chi connectivity index (χ2v) is 7.09. The Bertz CT molecular complexity index is 1010. The molecule has 0 atom stereocenters. The first-order chi connectivity index (χ1) is 10.8. The zero-order chi connectivity index (χ0) is 16.4. The highest BCUT2D eigenvalue weighted by molar-refractivity contribution is 6.17. The predicted octanol–water partition coefficient (Wildman–Crippen LogP) is 4.60. The van der Waals surface area contributed by atoms with Crippen molar-refractivity contribution < 1.29 is 14.3 Å². The molecule has 0 bridgehead atoms. The summed E-state index contributed by atoms with van der Waals surface area (Å²) in [6.45, 7) is 6.55. The molecule has 3 nitrogen and oxygen atoms in total. The van der Waals surface area contributed by atoms with Crippen LogP contribution in [0.15, 0.2) is 42.5 Å². The van der Waals surface area contributed by atoms with Crippen LogP contribution in [0, 0.1) is 0 Å². The van der Waals surface area contributed by atoms with Gasteiger partial charge >= 0.3 is 11.9 Å². The lowest BCUT2D eigenvalue weighted by Gasteiger charge is -2.19. The molecule has 0 radical (unpaired) electrons. The Labute approximate surface area is 133 Å². The van der Waals surface area contributed by atoms with Gasteiger partial charge in [0, 0.05) is 0 Å². The van der Waals surface area contributed by atoms with Crippen LogP contribution < -0.4 is 0 Å². The Kier molecular flexibility index (Phi) is 2.68. The summed E-state index contributed by atoms with van der Waals surface area (Å²) in [6.07, 6.45) is 0. The van der Waals surface area contributed by atoms with Crippen LogP contribution >= 0.6 is 0 Å². The monoisotopic (exact) mass is 304 g/mol. The minimum atomic E-state index is -0.560. The van der Waals surface area contributed by atoms with Crippen molar-refractivity contribution in [1.82, 2.24) is 0 Å². The second-order valence-electron chi connectivity index (χ2n) is 7.09. The number of carbonyl (C=O) groups is 2. The molecule has 0 spiro atoms. The molecule has 0 aromatic heterocycles. The summed E-state index contributed by atoms with van der Waals surface area (Å²) < 4.78 is 4.69. The first-order valence-corrected chi connectivity index (χ1v) is 7.61. The minimum Gasteiger partial charge on any atom is -0.386 e. The van der Waals surface area contributed by atoms with Crippen LogP contribution in [0.5, 0.6) is 0 Å². The number of hydrogen-bond acceptors (Lipinski definition) is 3. The zero-order valence-corrected chi connectivity index (χ0v) is 13.3. The lowest BCUT2D eigenvalue weighted by Crippen LogP contribution is -2.10. The third-order valence-electron chi connectivity index (χ3n) is 4.42. The molecule has 23 heavy (non-hydrogen) atoms. The highest BCUT2D eigenvalue weighted by atomic mass is 16.6. The SMILES string of the molecule is CC(C)(C)c1ccc2cc3cc4c(cc3cc2c1)C(=O)OC4=O. The van der Waals surface area contributed by atoms with E-state index in [0.29, 0.717) is 11.1 Å². The van der Waals surface area contributed by atoms with Gasteiger partial charge in [0.1, 0.15) is 0 Å². The molecule has 0 saturated carbocycles. The first kappa shape index (κ1) is 13.9. The van der Waals surface area contributed by atoms with Crippen LogP contribution in [-0.4, -0.2) is 11.9 Å². The van der Waals surface area contributed by atoms with E-state index >= 15 is 0 Å². The van der Waals surface area contributed by atoms with Crippen molar-refractivity contribution >= 4 is 33.5 Å². The molecule has 3 aromatic rings. The summed E-state index contributed by atoms with van der Waals surface area (Å²) in [5.74, 6) is -1.12. The van der Waals surface area contributed by atoms with E-state index in [1.54, 1.807) is 12.1 Å². The van der Waals surface area contributed by atoms with E-state index in [1.165, 1.54) is 5.56 Å². The van der Waals surface area contributed by atoms with E-state index in [2.05, 4.69) is 49.8 Å². The lowest BCUT2D eigenvalue weighted by atomic mass is 9.85. The van der Waals surface area contributed by atoms with Crippen molar-refractivity contribution in [2.24, 2.45) is 0 Å². The normalized spacial score (nSPS) is 14.4. The number of cyclic esters (lactones) is 2. The molecule has 0 amide bonds. The molecule has 0 aliphatic carbocycles. The van der Waals surface area contributed by atoms with Crippen molar-refractivity contribution in [3.63, 3.8) is 0 Å². The first-order valence-electron chi connectivity index (χ1n) is 7.61. The summed E-state index contributed by atoms with van der Waals surface area (Å²) in [4.78, 5) is 23.4. The third kappa shape index (κ3) is 2.12. The smallest absolute Gasteiger partial charge is 0.346 e. The molecule has 1 aliphatic heterocycles. The largest absolute Gasteiger partial charge is 0.386 e. The molecule has 3 aromatic carbocycles. The summed E-state index contributed by atoms with van der Waals surface area (Å²) in [6, 6.07) is 14.0. The average molecular weight is 304 g/mol. The highest BCUT2D eigenvalue weighted by Crippen LogP contribution is 2.31. The van der Waals surface area contributed by atoms with Crippen molar-refractivity contribution in [2.75, 3.05) is 0 Å². The fourth-order valence-corrected chi connectivity index (χ4v) is 3.05. The van der Waals surface area contributed by atoms with E-state index < -0.39 is 11.9 Å². The van der Waals surface area contributed by atoms with E-state index in [0.717, 1.165) is 21.5 Å². The minimum absolute atomic E-state index is 0.0807. The fourth-order valence-electron chi connectivity index (χ4n) is 3.05. The molecule has 114 valence electrons. The van der Waals surface area contributed by atoms with Gasteiger partial charge in [0.2, 0.25) is 0 Å². The molecule has 0 N–H and O–H groups in total. The van der Waals surface area contributed by atoms with Gasteiger partial charge in [-0.3, -0.25) is 0 Å². The van der Waals surface area contributed by atoms with E-state index in [1.807, 2.05) is 6.07 Å². The summed E-state index contributed by atoms with van der Waals surface area (Å²) >= 11 is 0. The van der Waals surface area contributed by atoms with E-state index in [4.69, 9.17) is 0 Å². The van der Waals surface area contributed by atoms with Crippen molar-refractivity contribution in [1.29, 1.82) is 0 Å². The van der Waals surface area contributed by atoms with E-state index in [-0.39, 0.29) is 5.41 Å². The van der Waals surface area contributed by atoms with Crippen molar-refractivity contribution in [3.8, 4) is 0 Å². The molecule has 0 saturated heterocycles. The number of esters is 2. The van der Waals surface area contributed by atoms with Crippen LogP contribution in [0.25, 0.3) is 21.5 Å². The number of carbonyl (C=O) groups excluding carboxylic acids is 2. The van der Waals surface area contributed by atoms with Crippen molar-refractivity contribution in [3.05, 3.63) is 59.2 Å². The van der Waals surface area contributed by atoms with Crippen LogP contribution in [0.1, 0.15) is 47.1 Å². The number of benzene rings is 3. The Morgan fingerprint density at radius 3 is 1.78 bits per heavy atom. The number of hydrogen-bond donors (Lipinski definition) is 0. The molecule has 4 rings (SSSR count). The number of fused-ring (bicyclic) bond motifs is 3. The fraction of sp³-hybridized carbons (Fsp3) is 0.200. The Hall–Kier alpha value is -2.68. The Morgan fingerprint density at radius 2 is 1.22 bits per heavy atom. The van der Waals surface area contributed by atoms with Crippen molar-refractivity contribution in [2.45, 2.75) is 26.2 Å². The Morgan fingerprint density at radius 1 is 0.696 bits per heavy atom. The molecule has 1 heterocycles. The number of rotatable bonds is 0. The zero-order valence-electron chi connectivity index (χ0n) is 13.3. The van der Waals surface area contributed by atoms with Crippen LogP contribution in [-0.2, 0) is 10.2 Å². The van der Waals surface area contributed by atoms with Gasteiger partial charge in [-0.05, 0) is 56.8 Å². The van der Waals surface area contributed by atoms with Gasteiger partial charge in [-0.2, -0.15) is 0 Å². The Balaban J connectivity index is 2.00. The molecular weight excluding hydrogens is 288 g/mol. The number of ether oxygens (including phenoxy) is 1. The summed E-state index contributed by atoms with van der Waals surface area (Å²) in [7, 11) is 0. The summed E-state index contributed by atoms with van der Waals surface area (Å²) in [5.41, 5.74) is 2.05. The quantitative estimate of drug-likeness (QED) is 0.346. The van der Waals surface area contributed by atoms with Crippen LogP contribution in [0.2, 0.25) is 0 Å². The van der Waals surface area contributed by atoms with Gasteiger partial charge in [0.05, 0.1) is 11.1 Å². The average Bonchev–Trinajstić information content (AvgIpc) is 2.76. The maximum absolute atomic E-state index is 11.7. The lowest BCUT2D eigenvalue weighted by molar-refractivity contribution is 0.0444.